The minimum atomic E-state index is -1.16. The van der Waals surface area contributed by atoms with Crippen LogP contribution in [0.3, 0.4) is 0 Å². The maximum Gasteiger partial charge on any atom is 0.251 e. The predicted molar refractivity (Wildman–Crippen MR) is 180 cm³/mol. The van der Waals surface area contributed by atoms with E-state index in [1.165, 1.54) is 36.8 Å². The summed E-state index contributed by atoms with van der Waals surface area (Å²) in [6, 6.07) is 12.0. The van der Waals surface area contributed by atoms with Crippen LogP contribution >= 0.6 is 0 Å². The van der Waals surface area contributed by atoms with Crippen molar-refractivity contribution in [1.29, 1.82) is 5.41 Å². The van der Waals surface area contributed by atoms with Gasteiger partial charge in [0.05, 0.1) is 17.9 Å². The normalized spacial score (nSPS) is 11.5. The summed E-state index contributed by atoms with van der Waals surface area (Å²) >= 11 is 0. The van der Waals surface area contributed by atoms with E-state index < -0.39 is 17.7 Å². The fourth-order valence-corrected chi connectivity index (χ4v) is 4.94. The van der Waals surface area contributed by atoms with E-state index in [4.69, 9.17) is 21.6 Å². The highest BCUT2D eigenvalue weighted by Gasteiger charge is 2.21. The minimum Gasteiger partial charge on any atom is -0.436 e. The molecule has 0 aliphatic heterocycles. The van der Waals surface area contributed by atoms with Crippen LogP contribution in [0.25, 0.3) is 16.9 Å². The summed E-state index contributed by atoms with van der Waals surface area (Å²) in [5.74, 6) is -2.96. The van der Waals surface area contributed by atoms with Gasteiger partial charge in [0.1, 0.15) is 0 Å². The topological polar surface area (TPSA) is 210 Å². The molecule has 0 fully saturated rings. The molecule has 3 heterocycles. The van der Waals surface area contributed by atoms with Gasteiger partial charge in [0.15, 0.2) is 29.0 Å². The molecule has 0 bridgehead atoms. The lowest BCUT2D eigenvalue weighted by atomic mass is 10.0. The van der Waals surface area contributed by atoms with Crippen LogP contribution in [0, 0.1) is 17.0 Å². The predicted octanol–water partition coefficient (Wildman–Crippen LogP) is 3.21. The fourth-order valence-electron chi connectivity index (χ4n) is 4.94. The van der Waals surface area contributed by atoms with Crippen molar-refractivity contribution in [3.63, 3.8) is 0 Å². The van der Waals surface area contributed by atoms with Crippen molar-refractivity contribution in [2.75, 3.05) is 25.0 Å². The van der Waals surface area contributed by atoms with Crippen molar-refractivity contribution < 1.29 is 23.1 Å². The second-order valence-electron chi connectivity index (χ2n) is 10.8. The van der Waals surface area contributed by atoms with E-state index >= 15 is 8.78 Å². The summed E-state index contributed by atoms with van der Waals surface area (Å²) in [6.45, 7) is 2.57. The van der Waals surface area contributed by atoms with Crippen LogP contribution in [-0.2, 0) is 11.2 Å². The number of fused-ring (bicyclic) bond motifs is 1. The van der Waals surface area contributed by atoms with Crippen LogP contribution < -0.4 is 37.5 Å². The molecule has 16 heteroatoms. The maximum absolute atomic E-state index is 15.3. The number of carbonyl (C=O) groups excluding carboxylic acids is 2. The average Bonchev–Trinajstić information content (AvgIpc) is 3.53. The number of benzene rings is 2. The van der Waals surface area contributed by atoms with Crippen LogP contribution in [0.4, 0.5) is 20.3 Å². The lowest BCUT2D eigenvalue weighted by molar-refractivity contribution is -0.122. The van der Waals surface area contributed by atoms with E-state index in [-0.39, 0.29) is 48.1 Å². The van der Waals surface area contributed by atoms with Crippen LogP contribution in [0.15, 0.2) is 73.3 Å². The standard InChI is InChI=1S/C33H35F2N11O3/c1-2-19-17-20(6-7-21(19)31(47)41-13-14-42-32(48)23(36)10-12-43-33(37)38)45-29-30-44-18-24(46(30)16-15-40-29)22-8-9-25(28(35)27(22)34)49-26-5-3-4-11-39-26/h3-9,11,15-18,23H,2,10,12-14,36H2,1H3,(H,40,45)(H,41,47)(H,42,48)(H4,37,38,43)/t23-/m0/s1. The van der Waals surface area contributed by atoms with Crippen LogP contribution in [0.2, 0.25) is 0 Å². The third-order valence-electron chi connectivity index (χ3n) is 7.41. The molecular formula is C33H35F2N11O3. The molecule has 3 aromatic heterocycles. The Morgan fingerprint density at radius 1 is 0.980 bits per heavy atom. The van der Waals surface area contributed by atoms with Gasteiger partial charge in [-0.25, -0.2) is 19.3 Å². The molecule has 5 rings (SSSR count). The minimum absolute atomic E-state index is 0.0245. The first-order valence-electron chi connectivity index (χ1n) is 15.3. The summed E-state index contributed by atoms with van der Waals surface area (Å²) in [6.07, 6.45) is 6.84. The van der Waals surface area contributed by atoms with E-state index in [0.29, 0.717) is 47.8 Å². The summed E-state index contributed by atoms with van der Waals surface area (Å²) in [5.41, 5.74) is 13.5. The highest BCUT2D eigenvalue weighted by Crippen LogP contribution is 2.33. The molecule has 9 N–H and O–H groups in total. The number of hydrogen-bond acceptors (Lipinski definition) is 9. The Kier molecular flexibility index (Phi) is 10.9. The summed E-state index contributed by atoms with van der Waals surface area (Å²) in [7, 11) is 0. The number of halogens is 2. The second-order valence-corrected chi connectivity index (χ2v) is 10.8. The number of ether oxygens (including phenoxy) is 1. The molecule has 0 spiro atoms. The largest absolute Gasteiger partial charge is 0.436 e. The number of anilines is 2. The zero-order valence-corrected chi connectivity index (χ0v) is 26.5. The third-order valence-corrected chi connectivity index (χ3v) is 7.41. The monoisotopic (exact) mass is 671 g/mol. The zero-order chi connectivity index (χ0) is 34.9. The number of carbonyl (C=O) groups is 2. The van der Waals surface area contributed by atoms with Gasteiger partial charge in [-0.15, -0.1) is 0 Å². The van der Waals surface area contributed by atoms with E-state index in [2.05, 4.69) is 36.2 Å². The van der Waals surface area contributed by atoms with Gasteiger partial charge in [0.25, 0.3) is 5.91 Å². The molecule has 14 nitrogen and oxygen atoms in total. The number of aryl methyl sites for hydroxylation is 1. The highest BCUT2D eigenvalue weighted by atomic mass is 19.2. The Morgan fingerprint density at radius 2 is 1.80 bits per heavy atom. The Balaban J connectivity index is 1.24. The lowest BCUT2D eigenvalue weighted by Crippen LogP contribution is -2.45. The molecule has 0 unspecified atom stereocenters. The first kappa shape index (κ1) is 34.2. The van der Waals surface area contributed by atoms with Crippen molar-refractivity contribution >= 4 is 34.9 Å². The van der Waals surface area contributed by atoms with Crippen molar-refractivity contribution in [1.82, 2.24) is 35.3 Å². The lowest BCUT2D eigenvalue weighted by Gasteiger charge is -2.14. The number of hydrogen-bond donors (Lipinski definition) is 7. The van der Waals surface area contributed by atoms with Crippen molar-refractivity contribution in [2.45, 2.75) is 25.8 Å². The van der Waals surface area contributed by atoms with E-state index in [1.807, 2.05) is 13.0 Å². The molecule has 2 aromatic carbocycles. The molecule has 0 aliphatic carbocycles. The quantitative estimate of drug-likeness (QED) is 0.0521. The number of pyridine rings is 1. The molecule has 254 valence electrons. The number of rotatable bonds is 14. The molecular weight excluding hydrogens is 636 g/mol. The van der Waals surface area contributed by atoms with Crippen LogP contribution in [0.5, 0.6) is 11.6 Å². The van der Waals surface area contributed by atoms with Gasteiger partial charge < -0.3 is 37.5 Å². The number of imidazole rings is 1. The maximum atomic E-state index is 15.3. The molecule has 2 amide bonds. The van der Waals surface area contributed by atoms with Gasteiger partial charge in [-0.05, 0) is 54.8 Å². The van der Waals surface area contributed by atoms with E-state index in [1.54, 1.807) is 34.9 Å². The van der Waals surface area contributed by atoms with Gasteiger partial charge in [-0.2, -0.15) is 4.39 Å². The smallest absolute Gasteiger partial charge is 0.251 e. The molecule has 49 heavy (non-hydrogen) atoms. The summed E-state index contributed by atoms with van der Waals surface area (Å²) in [5, 5.41) is 18.4. The summed E-state index contributed by atoms with van der Waals surface area (Å²) in [4.78, 5) is 37.9. The average molecular weight is 672 g/mol. The Bertz CT molecular complexity index is 1970. The van der Waals surface area contributed by atoms with Gasteiger partial charge in [-0.1, -0.05) is 13.0 Å². The Labute approximate surface area is 279 Å². The molecule has 0 saturated carbocycles. The first-order valence-corrected chi connectivity index (χ1v) is 15.3. The first-order chi connectivity index (χ1) is 23.7. The molecule has 1 atom stereocenters. The second kappa shape index (κ2) is 15.6. The van der Waals surface area contributed by atoms with Crippen molar-refractivity contribution in [3.05, 3.63) is 96.1 Å². The summed E-state index contributed by atoms with van der Waals surface area (Å²) < 4.78 is 37.3. The highest BCUT2D eigenvalue weighted by molar-refractivity contribution is 5.96. The van der Waals surface area contributed by atoms with Gasteiger partial charge in [-0.3, -0.25) is 19.4 Å². The molecule has 0 aliphatic rings. The van der Waals surface area contributed by atoms with E-state index in [9.17, 15) is 9.59 Å². The van der Waals surface area contributed by atoms with Gasteiger partial charge in [0.2, 0.25) is 17.6 Å². The Morgan fingerprint density at radius 3 is 2.55 bits per heavy atom. The number of nitrogens with two attached hydrogens (primary N) is 2. The third kappa shape index (κ3) is 8.23. The number of aromatic nitrogens is 4. The molecule has 5 aromatic rings. The zero-order valence-electron chi connectivity index (χ0n) is 26.5. The SMILES string of the molecule is CCc1cc(Nc2nccn3c(-c4ccc(Oc5ccccn5)c(F)c4F)cnc23)ccc1C(=O)NCCNC(=O)[C@@H](N)CCNC(=N)N. The van der Waals surface area contributed by atoms with Crippen LogP contribution in [0.1, 0.15) is 29.3 Å². The van der Waals surface area contributed by atoms with Gasteiger partial charge in [0, 0.05) is 61.1 Å². The van der Waals surface area contributed by atoms with Crippen LogP contribution in [-0.4, -0.2) is 62.8 Å². The fraction of sp³-hybridized carbons (Fsp3) is 0.212. The van der Waals surface area contributed by atoms with Crippen molar-refractivity contribution in [3.8, 4) is 22.9 Å². The molecule has 0 radical (unpaired) electrons. The van der Waals surface area contributed by atoms with Crippen molar-refractivity contribution in [2.24, 2.45) is 11.5 Å². The number of guanidine groups is 1. The Hall–Kier alpha value is -6.16. The number of amides is 2. The van der Waals surface area contributed by atoms with E-state index in [0.717, 1.165) is 5.56 Å². The molecule has 0 saturated heterocycles. The number of nitrogens with one attached hydrogen (secondary N) is 5. The van der Waals surface area contributed by atoms with Gasteiger partial charge >= 0.3 is 0 Å². The number of nitrogens with zero attached hydrogens (tertiary/aromatic N) is 4.